The molecule has 0 rings (SSSR count). The summed E-state index contributed by atoms with van der Waals surface area (Å²) in [5, 5.41) is 17.5. The van der Waals surface area contributed by atoms with Crippen LogP contribution in [0.5, 0.6) is 0 Å². The molecule has 0 aromatic carbocycles. The number of aliphatic carboxylic acids is 2. The van der Waals surface area contributed by atoms with Gasteiger partial charge in [0.25, 0.3) is 0 Å². The fraction of sp³-hybridized carbons (Fsp3) is 0.800. The fourth-order valence-electron chi connectivity index (χ4n) is 1.91. The van der Waals surface area contributed by atoms with Crippen molar-refractivity contribution in [1.29, 1.82) is 0 Å². The van der Waals surface area contributed by atoms with Gasteiger partial charge in [0.15, 0.2) is 0 Å². The van der Waals surface area contributed by atoms with Crippen LogP contribution >= 0.6 is 7.37 Å². The van der Waals surface area contributed by atoms with E-state index in [0.29, 0.717) is 0 Å². The topological polar surface area (TPSA) is 112 Å². The Hall–Kier alpha value is -0.870. The summed E-state index contributed by atoms with van der Waals surface area (Å²) in [5.74, 6) is -3.09. The average Bonchev–Trinajstić information content (AvgIpc) is 2.13. The minimum Gasteiger partial charge on any atom is -0.481 e. The molecule has 3 unspecified atom stereocenters. The lowest BCUT2D eigenvalue weighted by Crippen LogP contribution is -2.28. The van der Waals surface area contributed by atoms with E-state index in [1.54, 1.807) is 6.92 Å². The maximum Gasteiger partial charge on any atom is 0.307 e. The van der Waals surface area contributed by atoms with Crippen molar-refractivity contribution in [3.8, 4) is 0 Å². The van der Waals surface area contributed by atoms with Gasteiger partial charge >= 0.3 is 11.9 Å². The average molecular weight is 266 g/mol. The molecule has 6 nitrogen and oxygen atoms in total. The molecule has 0 saturated carbocycles. The SMILES string of the molecule is CCC(C(CCCC(=O)O)C(=O)O)P(C)(=O)O. The molecule has 0 amide bonds. The van der Waals surface area contributed by atoms with E-state index in [0.717, 1.165) is 6.66 Å². The van der Waals surface area contributed by atoms with Crippen LogP contribution in [0, 0.1) is 5.92 Å². The molecule has 0 heterocycles. The quantitative estimate of drug-likeness (QED) is 0.575. The third-order valence-electron chi connectivity index (χ3n) is 2.72. The molecule has 0 aromatic rings. The number of hydrogen-bond donors (Lipinski definition) is 3. The van der Waals surface area contributed by atoms with Gasteiger partial charge in [-0.25, -0.2) is 0 Å². The van der Waals surface area contributed by atoms with E-state index in [1.807, 2.05) is 0 Å². The zero-order valence-electron chi connectivity index (χ0n) is 10.00. The summed E-state index contributed by atoms with van der Waals surface area (Å²) in [6, 6.07) is 0. The minimum atomic E-state index is -3.48. The van der Waals surface area contributed by atoms with Crippen molar-refractivity contribution < 1.29 is 29.3 Å². The molecule has 0 aliphatic carbocycles. The van der Waals surface area contributed by atoms with Gasteiger partial charge in [-0.3, -0.25) is 14.2 Å². The van der Waals surface area contributed by atoms with Crippen molar-refractivity contribution in [2.24, 2.45) is 5.92 Å². The number of carbonyl (C=O) groups is 2. The van der Waals surface area contributed by atoms with Crippen molar-refractivity contribution in [1.82, 2.24) is 0 Å². The number of hydrogen-bond acceptors (Lipinski definition) is 3. The first-order valence-electron chi connectivity index (χ1n) is 5.44. The van der Waals surface area contributed by atoms with E-state index in [1.165, 1.54) is 0 Å². The Morgan fingerprint density at radius 1 is 1.29 bits per heavy atom. The van der Waals surface area contributed by atoms with Gasteiger partial charge in [-0.1, -0.05) is 6.92 Å². The molecule has 0 aliphatic rings. The molecular formula is C10H19O6P. The lowest BCUT2D eigenvalue weighted by Gasteiger charge is -2.24. The molecule has 0 aliphatic heterocycles. The van der Waals surface area contributed by atoms with E-state index >= 15 is 0 Å². The largest absolute Gasteiger partial charge is 0.481 e. The van der Waals surface area contributed by atoms with Crippen molar-refractivity contribution in [3.05, 3.63) is 0 Å². The van der Waals surface area contributed by atoms with Crippen LogP contribution in [-0.2, 0) is 14.2 Å². The first kappa shape index (κ1) is 16.1. The highest BCUT2D eigenvalue weighted by molar-refractivity contribution is 7.58. The molecule has 17 heavy (non-hydrogen) atoms. The summed E-state index contributed by atoms with van der Waals surface area (Å²) < 4.78 is 11.6. The van der Waals surface area contributed by atoms with Crippen LogP contribution in [-0.4, -0.2) is 39.4 Å². The van der Waals surface area contributed by atoms with E-state index in [9.17, 15) is 19.0 Å². The van der Waals surface area contributed by atoms with Crippen LogP contribution < -0.4 is 0 Å². The van der Waals surface area contributed by atoms with Gasteiger partial charge < -0.3 is 15.1 Å². The minimum absolute atomic E-state index is 0.110. The Morgan fingerprint density at radius 3 is 2.12 bits per heavy atom. The predicted molar refractivity (Wildman–Crippen MR) is 62.4 cm³/mol. The van der Waals surface area contributed by atoms with Crippen molar-refractivity contribution in [3.63, 3.8) is 0 Å². The molecule has 0 saturated heterocycles. The summed E-state index contributed by atoms with van der Waals surface area (Å²) in [6.45, 7) is 2.80. The van der Waals surface area contributed by atoms with Gasteiger partial charge in [0.1, 0.15) is 0 Å². The van der Waals surface area contributed by atoms with Crippen LogP contribution in [0.1, 0.15) is 32.6 Å². The van der Waals surface area contributed by atoms with Gasteiger partial charge in [-0.2, -0.15) is 0 Å². The Balaban J connectivity index is 4.66. The second-order valence-electron chi connectivity index (χ2n) is 4.15. The van der Waals surface area contributed by atoms with Crippen molar-refractivity contribution in [2.75, 3.05) is 6.66 Å². The standard InChI is InChI=1S/C10H19O6P/c1-3-8(17(2,15)16)7(10(13)14)5-4-6-9(11)12/h7-8H,3-6H2,1-2H3,(H,11,12)(H,13,14)(H,15,16). The highest BCUT2D eigenvalue weighted by Gasteiger charge is 2.36. The van der Waals surface area contributed by atoms with Crippen LogP contribution in [0.15, 0.2) is 0 Å². The fourth-order valence-corrected chi connectivity index (χ4v) is 3.53. The molecule has 0 spiro atoms. The normalized spacial score (nSPS) is 18.1. The Bertz CT molecular complexity index is 321. The smallest absolute Gasteiger partial charge is 0.307 e. The molecule has 0 bridgehead atoms. The van der Waals surface area contributed by atoms with Gasteiger partial charge in [0, 0.05) is 18.7 Å². The van der Waals surface area contributed by atoms with Crippen LogP contribution in [0.25, 0.3) is 0 Å². The van der Waals surface area contributed by atoms with E-state index in [-0.39, 0.29) is 25.7 Å². The highest BCUT2D eigenvalue weighted by atomic mass is 31.2. The summed E-state index contributed by atoms with van der Waals surface area (Å²) in [4.78, 5) is 30.9. The number of carboxylic acid groups (broad SMARTS) is 2. The molecular weight excluding hydrogens is 247 g/mol. The number of carboxylic acids is 2. The third kappa shape index (κ3) is 5.84. The van der Waals surface area contributed by atoms with Gasteiger partial charge in [-0.05, 0) is 19.3 Å². The third-order valence-corrected chi connectivity index (χ3v) is 4.68. The first-order chi connectivity index (χ1) is 7.70. The number of rotatable bonds is 8. The van der Waals surface area contributed by atoms with Gasteiger partial charge in [0.05, 0.1) is 5.92 Å². The summed E-state index contributed by atoms with van der Waals surface area (Å²) in [6.07, 6.45) is 0.468. The molecule has 3 atom stereocenters. The molecule has 100 valence electrons. The van der Waals surface area contributed by atoms with E-state index < -0.39 is 30.9 Å². The molecule has 0 radical (unpaired) electrons. The highest BCUT2D eigenvalue weighted by Crippen LogP contribution is 2.48. The van der Waals surface area contributed by atoms with Crippen LogP contribution in [0.4, 0.5) is 0 Å². The van der Waals surface area contributed by atoms with Crippen molar-refractivity contribution in [2.45, 2.75) is 38.3 Å². The van der Waals surface area contributed by atoms with Gasteiger partial charge in [-0.15, -0.1) is 0 Å². The molecule has 7 heteroatoms. The van der Waals surface area contributed by atoms with Gasteiger partial charge in [0.2, 0.25) is 7.37 Å². The lowest BCUT2D eigenvalue weighted by molar-refractivity contribution is -0.143. The maximum atomic E-state index is 11.6. The van der Waals surface area contributed by atoms with Crippen LogP contribution in [0.2, 0.25) is 0 Å². The Labute approximate surface area is 100 Å². The summed E-state index contributed by atoms with van der Waals surface area (Å²) in [5.41, 5.74) is -0.811. The Morgan fingerprint density at radius 2 is 1.82 bits per heavy atom. The zero-order chi connectivity index (χ0) is 13.6. The lowest BCUT2D eigenvalue weighted by atomic mass is 9.96. The zero-order valence-corrected chi connectivity index (χ0v) is 10.9. The second kappa shape index (κ2) is 6.77. The molecule has 0 aromatic heterocycles. The monoisotopic (exact) mass is 266 g/mol. The molecule has 0 fully saturated rings. The van der Waals surface area contributed by atoms with Crippen molar-refractivity contribution >= 4 is 19.3 Å². The van der Waals surface area contributed by atoms with E-state index in [2.05, 4.69) is 0 Å². The predicted octanol–water partition coefficient (Wildman–Crippen LogP) is 1.62. The second-order valence-corrected chi connectivity index (χ2v) is 6.70. The summed E-state index contributed by atoms with van der Waals surface area (Å²) in [7, 11) is -3.48. The van der Waals surface area contributed by atoms with E-state index in [4.69, 9.17) is 10.2 Å². The first-order valence-corrected chi connectivity index (χ1v) is 7.62. The molecule has 3 N–H and O–H groups in total. The summed E-state index contributed by atoms with van der Waals surface area (Å²) >= 11 is 0. The maximum absolute atomic E-state index is 11.6. The Kier molecular flexibility index (Phi) is 6.42. The van der Waals surface area contributed by atoms with Crippen LogP contribution in [0.3, 0.4) is 0 Å².